The maximum absolute atomic E-state index is 13.4. The lowest BCUT2D eigenvalue weighted by Gasteiger charge is -2.40. The lowest BCUT2D eigenvalue weighted by Crippen LogP contribution is -2.48. The van der Waals surface area contributed by atoms with E-state index in [-0.39, 0.29) is 17.2 Å². The Bertz CT molecular complexity index is 1160. The molecule has 2 atom stereocenters. The van der Waals surface area contributed by atoms with E-state index in [1.54, 1.807) is 0 Å². The second-order valence-electron chi connectivity index (χ2n) is 7.28. The fraction of sp³-hybridized carbons (Fsp3) is 0.208. The molecule has 156 valence electrons. The Labute approximate surface area is 190 Å². The van der Waals surface area contributed by atoms with Crippen molar-refractivity contribution in [3.63, 3.8) is 0 Å². The molecule has 7 heteroatoms. The van der Waals surface area contributed by atoms with E-state index < -0.39 is 0 Å². The first-order valence-corrected chi connectivity index (χ1v) is 12.2. The Morgan fingerprint density at radius 3 is 2.65 bits per heavy atom. The number of benzene rings is 2. The molecule has 0 radical (unpaired) electrons. The highest BCUT2D eigenvalue weighted by atomic mass is 32.2. The first-order valence-electron chi connectivity index (χ1n) is 10.3. The zero-order chi connectivity index (χ0) is 21.2. The van der Waals surface area contributed by atoms with Crippen LogP contribution in [0.1, 0.15) is 6.92 Å². The summed E-state index contributed by atoms with van der Waals surface area (Å²) in [6, 6.07) is 18.2. The minimum Gasteiger partial charge on any atom is -0.302 e. The molecule has 0 saturated heterocycles. The third kappa shape index (κ3) is 3.83. The van der Waals surface area contributed by atoms with Gasteiger partial charge in [-0.1, -0.05) is 78.5 Å². The van der Waals surface area contributed by atoms with E-state index >= 15 is 0 Å². The van der Waals surface area contributed by atoms with Crippen LogP contribution in [0.15, 0.2) is 89.0 Å². The molecule has 0 unspecified atom stereocenters. The largest absolute Gasteiger partial charge is 0.302 e. The number of amides is 1. The third-order valence-corrected chi connectivity index (χ3v) is 7.66. The molecular formula is C24H22N4OS2. The molecule has 3 aromatic rings. The number of carbonyl (C=O) groups is 1. The van der Waals surface area contributed by atoms with E-state index in [0.29, 0.717) is 5.75 Å². The molecule has 0 spiro atoms. The van der Waals surface area contributed by atoms with Crippen LogP contribution in [-0.4, -0.2) is 37.7 Å². The van der Waals surface area contributed by atoms with E-state index in [4.69, 9.17) is 0 Å². The van der Waals surface area contributed by atoms with Crippen LogP contribution in [0.25, 0.3) is 11.4 Å². The van der Waals surface area contributed by atoms with Crippen LogP contribution in [0.2, 0.25) is 0 Å². The van der Waals surface area contributed by atoms with Gasteiger partial charge < -0.3 is 9.47 Å². The number of carbonyl (C=O) groups excluding carboxylic acids is 1. The Morgan fingerprint density at radius 1 is 1.03 bits per heavy atom. The quantitative estimate of drug-likeness (QED) is 0.513. The van der Waals surface area contributed by atoms with E-state index in [1.165, 1.54) is 11.8 Å². The third-order valence-electron chi connectivity index (χ3n) is 5.40. The molecule has 2 aromatic carbocycles. The number of hydrogen-bond donors (Lipinski definition) is 0. The molecule has 31 heavy (non-hydrogen) atoms. The van der Waals surface area contributed by atoms with Crippen LogP contribution in [0.5, 0.6) is 0 Å². The second-order valence-corrected chi connectivity index (χ2v) is 9.44. The number of thioether (sulfide) groups is 2. The van der Waals surface area contributed by atoms with Gasteiger partial charge in [-0.05, 0) is 19.1 Å². The molecule has 1 aromatic heterocycles. The van der Waals surface area contributed by atoms with Crippen LogP contribution in [0, 0.1) is 0 Å². The fourth-order valence-corrected chi connectivity index (χ4v) is 6.08. The Kier molecular flexibility index (Phi) is 5.70. The standard InChI is InChI=1S/C24H22N4OS2/c1-2-27-23(17-10-4-3-5-11-17)25-26-24(27)30-16-22(29)28-18-12-6-8-14-20(18)31-21-15-9-7-13-19(21)28/h3-15,18,20H,2,16H2,1H3/t18-,20+/m0/s1. The normalized spacial score (nSPS) is 19.2. The number of aromatic nitrogens is 3. The first kappa shape index (κ1) is 20.2. The Morgan fingerprint density at radius 2 is 1.81 bits per heavy atom. The van der Waals surface area contributed by atoms with Crippen LogP contribution in [-0.2, 0) is 11.3 Å². The van der Waals surface area contributed by atoms with E-state index in [2.05, 4.69) is 46.0 Å². The molecule has 2 aliphatic rings. The van der Waals surface area contributed by atoms with Crippen molar-refractivity contribution in [2.75, 3.05) is 10.7 Å². The van der Waals surface area contributed by atoms with Crippen molar-refractivity contribution in [3.8, 4) is 11.4 Å². The van der Waals surface area contributed by atoms with Gasteiger partial charge in [0.1, 0.15) is 0 Å². The Balaban J connectivity index is 1.39. The van der Waals surface area contributed by atoms with Crippen LogP contribution in [0.3, 0.4) is 0 Å². The average molecular weight is 447 g/mol. The molecule has 1 aliphatic heterocycles. The number of fused-ring (bicyclic) bond motifs is 2. The Hall–Kier alpha value is -2.77. The van der Waals surface area contributed by atoms with Gasteiger partial charge in [0.2, 0.25) is 5.91 Å². The predicted molar refractivity (Wildman–Crippen MR) is 127 cm³/mol. The van der Waals surface area contributed by atoms with E-state index in [9.17, 15) is 4.79 Å². The fourth-order valence-electron chi connectivity index (χ4n) is 3.96. The molecule has 5 nitrogen and oxygen atoms in total. The maximum Gasteiger partial charge on any atom is 0.238 e. The van der Waals surface area contributed by atoms with Gasteiger partial charge in [0, 0.05) is 17.0 Å². The molecule has 0 N–H and O–H groups in total. The number of hydrogen-bond acceptors (Lipinski definition) is 5. The number of allylic oxidation sites excluding steroid dienone is 2. The van der Waals surface area contributed by atoms with Crippen molar-refractivity contribution in [2.45, 2.75) is 34.8 Å². The van der Waals surface area contributed by atoms with Crippen LogP contribution >= 0.6 is 23.5 Å². The summed E-state index contributed by atoms with van der Waals surface area (Å²) in [5.41, 5.74) is 2.01. The van der Waals surface area contributed by atoms with Gasteiger partial charge in [-0.3, -0.25) is 4.79 Å². The van der Waals surface area contributed by atoms with Gasteiger partial charge in [-0.15, -0.1) is 22.0 Å². The first-order chi connectivity index (χ1) is 15.3. The topological polar surface area (TPSA) is 51.0 Å². The second kappa shape index (κ2) is 8.77. The summed E-state index contributed by atoms with van der Waals surface area (Å²) >= 11 is 3.27. The zero-order valence-corrected chi connectivity index (χ0v) is 18.7. The number of para-hydroxylation sites is 1. The van der Waals surface area contributed by atoms with Crippen LogP contribution in [0.4, 0.5) is 5.69 Å². The number of nitrogens with zero attached hydrogens (tertiary/aromatic N) is 4. The van der Waals surface area contributed by atoms with Gasteiger partial charge in [0.15, 0.2) is 11.0 Å². The maximum atomic E-state index is 13.4. The summed E-state index contributed by atoms with van der Waals surface area (Å²) in [7, 11) is 0. The summed E-state index contributed by atoms with van der Waals surface area (Å²) in [6.45, 7) is 2.82. The predicted octanol–water partition coefficient (Wildman–Crippen LogP) is 5.06. The SMILES string of the molecule is CCn1c(SCC(=O)N2c3ccccc3S[C@@H]3C=CC=C[C@@H]32)nnc1-c1ccccc1. The smallest absolute Gasteiger partial charge is 0.238 e. The minimum atomic E-state index is 0.0296. The number of anilines is 1. The van der Waals surface area contributed by atoms with Crippen molar-refractivity contribution in [1.29, 1.82) is 0 Å². The lowest BCUT2D eigenvalue weighted by molar-refractivity contribution is -0.116. The highest BCUT2D eigenvalue weighted by Crippen LogP contribution is 2.43. The molecule has 2 heterocycles. The van der Waals surface area contributed by atoms with Gasteiger partial charge >= 0.3 is 0 Å². The summed E-state index contributed by atoms with van der Waals surface area (Å²) < 4.78 is 2.07. The summed E-state index contributed by atoms with van der Waals surface area (Å²) in [4.78, 5) is 16.5. The number of rotatable bonds is 5. The van der Waals surface area contributed by atoms with Gasteiger partial charge in [0.25, 0.3) is 0 Å². The molecule has 1 amide bonds. The monoisotopic (exact) mass is 446 g/mol. The molecule has 0 fully saturated rings. The summed E-state index contributed by atoms with van der Waals surface area (Å²) in [5.74, 6) is 1.23. The van der Waals surface area contributed by atoms with Crippen molar-refractivity contribution < 1.29 is 4.79 Å². The van der Waals surface area contributed by atoms with E-state index in [1.807, 2.05) is 71.3 Å². The van der Waals surface area contributed by atoms with Crippen molar-refractivity contribution >= 4 is 35.1 Å². The van der Waals surface area contributed by atoms with Crippen molar-refractivity contribution in [3.05, 3.63) is 78.9 Å². The molecule has 0 saturated carbocycles. The van der Waals surface area contributed by atoms with Crippen molar-refractivity contribution in [1.82, 2.24) is 14.8 Å². The lowest BCUT2D eigenvalue weighted by atomic mass is 10.0. The summed E-state index contributed by atoms with van der Waals surface area (Å²) in [5, 5.41) is 9.78. The molecule has 5 rings (SSSR count). The van der Waals surface area contributed by atoms with Crippen molar-refractivity contribution in [2.24, 2.45) is 0 Å². The minimum absolute atomic E-state index is 0.0296. The molecule has 1 aliphatic carbocycles. The summed E-state index contributed by atoms with van der Waals surface area (Å²) in [6.07, 6.45) is 8.40. The molecular weight excluding hydrogens is 424 g/mol. The van der Waals surface area contributed by atoms with Gasteiger partial charge in [-0.2, -0.15) is 0 Å². The molecule has 0 bridgehead atoms. The van der Waals surface area contributed by atoms with E-state index in [0.717, 1.165) is 33.7 Å². The highest BCUT2D eigenvalue weighted by molar-refractivity contribution is 8.00. The zero-order valence-electron chi connectivity index (χ0n) is 17.1. The van der Waals surface area contributed by atoms with Gasteiger partial charge in [0.05, 0.1) is 22.7 Å². The highest BCUT2D eigenvalue weighted by Gasteiger charge is 2.36. The van der Waals surface area contributed by atoms with Crippen LogP contribution < -0.4 is 4.90 Å². The average Bonchev–Trinajstić information content (AvgIpc) is 3.24. The van der Waals surface area contributed by atoms with Gasteiger partial charge in [-0.25, -0.2) is 0 Å².